The Hall–Kier alpha value is -1.56. The average Bonchev–Trinajstić information content (AvgIpc) is 2.39. The summed E-state index contributed by atoms with van der Waals surface area (Å²) in [6, 6.07) is -1.38. The highest BCUT2D eigenvalue weighted by atomic mass is 16.4. The highest BCUT2D eigenvalue weighted by Crippen LogP contribution is 2.12. The summed E-state index contributed by atoms with van der Waals surface area (Å²) in [5.74, 6) is -0.916. The van der Waals surface area contributed by atoms with E-state index < -0.39 is 18.1 Å². The third-order valence-corrected chi connectivity index (χ3v) is 2.77. The van der Waals surface area contributed by atoms with Crippen molar-refractivity contribution in [2.75, 3.05) is 27.7 Å². The first-order valence-electron chi connectivity index (χ1n) is 5.49. The number of hydrogen-bond donors (Lipinski definition) is 2. The van der Waals surface area contributed by atoms with Crippen molar-refractivity contribution in [1.82, 2.24) is 15.1 Å². The molecule has 1 aliphatic rings. The number of aliphatic carboxylic acids is 1. The smallest absolute Gasteiger partial charge is 0.323 e. The Morgan fingerprint density at radius 3 is 2.59 bits per heavy atom. The molecule has 1 heterocycles. The van der Waals surface area contributed by atoms with Gasteiger partial charge < -0.3 is 15.3 Å². The molecule has 96 valence electrons. The topological polar surface area (TPSA) is 72.9 Å². The molecule has 6 heteroatoms. The summed E-state index contributed by atoms with van der Waals surface area (Å²) in [6.07, 6.45) is 4.35. The normalized spacial score (nSPS) is 25.1. The number of carbonyl (C=O) groups is 2. The molecule has 0 aliphatic carbocycles. The third-order valence-electron chi connectivity index (χ3n) is 2.77. The van der Waals surface area contributed by atoms with Gasteiger partial charge in [-0.2, -0.15) is 0 Å². The van der Waals surface area contributed by atoms with Gasteiger partial charge in [-0.1, -0.05) is 12.2 Å². The molecular weight excluding hydrogens is 222 g/mol. The maximum atomic E-state index is 11.6. The molecule has 2 N–H and O–H groups in total. The molecule has 2 unspecified atom stereocenters. The second-order valence-corrected chi connectivity index (χ2v) is 4.38. The van der Waals surface area contributed by atoms with Gasteiger partial charge in [0.2, 0.25) is 0 Å². The van der Waals surface area contributed by atoms with E-state index in [1.807, 2.05) is 12.2 Å². The van der Waals surface area contributed by atoms with Gasteiger partial charge in [-0.3, -0.25) is 9.69 Å². The molecule has 17 heavy (non-hydrogen) atoms. The SMILES string of the molecule is CN(C)C(=O)NC1CC=CCN(C)C1C(=O)O. The maximum absolute atomic E-state index is 11.6. The maximum Gasteiger partial charge on any atom is 0.323 e. The molecule has 1 aliphatic heterocycles. The van der Waals surface area contributed by atoms with Crippen molar-refractivity contribution in [2.45, 2.75) is 18.5 Å². The van der Waals surface area contributed by atoms with Crippen LogP contribution in [0.1, 0.15) is 6.42 Å². The average molecular weight is 241 g/mol. The number of nitrogens with one attached hydrogen (secondary N) is 1. The van der Waals surface area contributed by atoms with Crippen molar-refractivity contribution in [1.29, 1.82) is 0 Å². The van der Waals surface area contributed by atoms with Gasteiger partial charge in [-0.15, -0.1) is 0 Å². The monoisotopic (exact) mass is 241 g/mol. The van der Waals surface area contributed by atoms with Crippen LogP contribution < -0.4 is 5.32 Å². The second kappa shape index (κ2) is 5.67. The van der Waals surface area contributed by atoms with Gasteiger partial charge in [0.05, 0.1) is 6.04 Å². The fourth-order valence-corrected chi connectivity index (χ4v) is 1.82. The number of hydrogen-bond acceptors (Lipinski definition) is 3. The Morgan fingerprint density at radius 1 is 1.41 bits per heavy atom. The van der Waals surface area contributed by atoms with Crippen LogP contribution in [0.15, 0.2) is 12.2 Å². The number of likely N-dealkylation sites (N-methyl/N-ethyl adjacent to an activating group) is 1. The van der Waals surface area contributed by atoms with E-state index in [4.69, 9.17) is 0 Å². The van der Waals surface area contributed by atoms with Crippen LogP contribution >= 0.6 is 0 Å². The van der Waals surface area contributed by atoms with E-state index in [9.17, 15) is 14.7 Å². The van der Waals surface area contributed by atoms with Crippen LogP contribution in [0.5, 0.6) is 0 Å². The Bertz CT molecular complexity index is 328. The molecule has 0 aromatic heterocycles. The van der Waals surface area contributed by atoms with Gasteiger partial charge in [-0.25, -0.2) is 4.79 Å². The fraction of sp³-hybridized carbons (Fsp3) is 0.636. The zero-order valence-electron chi connectivity index (χ0n) is 10.4. The predicted octanol–water partition coefficient (Wildman–Crippen LogP) is -0.0289. The second-order valence-electron chi connectivity index (χ2n) is 4.38. The summed E-state index contributed by atoms with van der Waals surface area (Å²) in [7, 11) is 4.99. The molecule has 0 radical (unpaired) electrons. The number of urea groups is 1. The van der Waals surface area contributed by atoms with Gasteiger partial charge >= 0.3 is 12.0 Å². The van der Waals surface area contributed by atoms with E-state index in [1.165, 1.54) is 4.90 Å². The Balaban J connectivity index is 2.80. The minimum Gasteiger partial charge on any atom is -0.480 e. The minimum atomic E-state index is -0.916. The van der Waals surface area contributed by atoms with Crippen molar-refractivity contribution in [3.05, 3.63) is 12.2 Å². The Morgan fingerprint density at radius 2 is 2.06 bits per heavy atom. The zero-order chi connectivity index (χ0) is 13.0. The number of nitrogens with zero attached hydrogens (tertiary/aromatic N) is 2. The van der Waals surface area contributed by atoms with Crippen molar-refractivity contribution in [3.63, 3.8) is 0 Å². The number of carboxylic acids is 1. The lowest BCUT2D eigenvalue weighted by atomic mass is 10.1. The molecule has 0 aromatic carbocycles. The van der Waals surface area contributed by atoms with Crippen LogP contribution in [0.4, 0.5) is 4.79 Å². The highest BCUT2D eigenvalue weighted by Gasteiger charge is 2.33. The van der Waals surface area contributed by atoms with E-state index >= 15 is 0 Å². The van der Waals surface area contributed by atoms with Crippen LogP contribution in [0.3, 0.4) is 0 Å². The molecular formula is C11H19N3O3. The van der Waals surface area contributed by atoms with E-state index in [1.54, 1.807) is 26.0 Å². The molecule has 0 saturated carbocycles. The van der Waals surface area contributed by atoms with Gasteiger partial charge in [0.1, 0.15) is 6.04 Å². The van der Waals surface area contributed by atoms with E-state index in [0.29, 0.717) is 13.0 Å². The van der Waals surface area contributed by atoms with Gasteiger partial charge in [0.25, 0.3) is 0 Å². The molecule has 6 nitrogen and oxygen atoms in total. The van der Waals surface area contributed by atoms with Gasteiger partial charge in [0, 0.05) is 20.6 Å². The van der Waals surface area contributed by atoms with Crippen LogP contribution in [-0.4, -0.2) is 66.7 Å². The molecule has 1 rings (SSSR count). The molecule has 2 atom stereocenters. The van der Waals surface area contributed by atoms with Crippen molar-refractivity contribution in [3.8, 4) is 0 Å². The van der Waals surface area contributed by atoms with Crippen molar-refractivity contribution >= 4 is 12.0 Å². The van der Waals surface area contributed by atoms with Gasteiger partial charge in [-0.05, 0) is 13.5 Å². The van der Waals surface area contributed by atoms with Crippen molar-refractivity contribution in [2.24, 2.45) is 0 Å². The minimum absolute atomic E-state index is 0.273. The molecule has 0 aromatic rings. The summed E-state index contributed by atoms with van der Waals surface area (Å²) < 4.78 is 0. The summed E-state index contributed by atoms with van der Waals surface area (Å²) in [5.41, 5.74) is 0. The van der Waals surface area contributed by atoms with Crippen LogP contribution in [0.2, 0.25) is 0 Å². The predicted molar refractivity (Wildman–Crippen MR) is 63.8 cm³/mol. The summed E-state index contributed by atoms with van der Waals surface area (Å²) in [4.78, 5) is 25.9. The number of carboxylic acid groups (broad SMARTS) is 1. The standard InChI is InChI=1S/C11H19N3O3/c1-13(2)11(17)12-8-6-4-5-7-14(3)9(8)10(15)16/h4-5,8-9H,6-7H2,1-3H3,(H,12,17)(H,15,16). The van der Waals surface area contributed by atoms with E-state index in [-0.39, 0.29) is 6.03 Å². The lowest BCUT2D eigenvalue weighted by Crippen LogP contribution is -2.55. The number of carbonyl (C=O) groups excluding carboxylic acids is 1. The molecule has 2 amide bonds. The molecule has 0 saturated heterocycles. The molecule has 0 bridgehead atoms. The first-order valence-corrected chi connectivity index (χ1v) is 5.49. The van der Waals surface area contributed by atoms with Gasteiger partial charge in [0.15, 0.2) is 0 Å². The largest absolute Gasteiger partial charge is 0.480 e. The molecule has 0 spiro atoms. The summed E-state index contributed by atoms with van der Waals surface area (Å²) >= 11 is 0. The zero-order valence-corrected chi connectivity index (χ0v) is 10.4. The lowest BCUT2D eigenvalue weighted by Gasteiger charge is -2.30. The Kier molecular flexibility index (Phi) is 4.51. The van der Waals surface area contributed by atoms with Crippen molar-refractivity contribution < 1.29 is 14.7 Å². The number of amides is 2. The molecule has 0 fully saturated rings. The van der Waals surface area contributed by atoms with Crippen LogP contribution in [0.25, 0.3) is 0 Å². The summed E-state index contributed by atoms with van der Waals surface area (Å²) in [6.45, 7) is 0.575. The fourth-order valence-electron chi connectivity index (χ4n) is 1.82. The van der Waals surface area contributed by atoms with Crippen LogP contribution in [-0.2, 0) is 4.79 Å². The van der Waals surface area contributed by atoms with Crippen LogP contribution in [0, 0.1) is 0 Å². The highest BCUT2D eigenvalue weighted by molar-refractivity contribution is 5.78. The quantitative estimate of drug-likeness (QED) is 0.666. The summed E-state index contributed by atoms with van der Waals surface area (Å²) in [5, 5.41) is 12.0. The Labute approximate surface area is 101 Å². The van der Waals surface area contributed by atoms with E-state index in [0.717, 1.165) is 0 Å². The first kappa shape index (κ1) is 13.5. The number of rotatable bonds is 2. The third kappa shape index (κ3) is 3.45. The lowest BCUT2D eigenvalue weighted by molar-refractivity contribution is -0.143. The first-order chi connectivity index (χ1) is 7.93. The van der Waals surface area contributed by atoms with E-state index in [2.05, 4.69) is 5.32 Å².